The Hall–Kier alpha value is -1.51. The van der Waals surface area contributed by atoms with E-state index < -0.39 is 0 Å². The summed E-state index contributed by atoms with van der Waals surface area (Å²) in [4.78, 5) is 13.6. The maximum Gasteiger partial charge on any atom is 0.409 e. The largest absolute Gasteiger partial charge is 0.445 e. The van der Waals surface area contributed by atoms with Crippen molar-refractivity contribution in [2.75, 3.05) is 13.6 Å². The lowest BCUT2D eigenvalue weighted by Gasteiger charge is -2.26. The van der Waals surface area contributed by atoms with Crippen LogP contribution in [0.4, 0.5) is 4.79 Å². The van der Waals surface area contributed by atoms with Crippen LogP contribution in [0.25, 0.3) is 0 Å². The summed E-state index contributed by atoms with van der Waals surface area (Å²) in [6, 6.07) is 9.80. The second-order valence-electron chi connectivity index (χ2n) is 5.42. The van der Waals surface area contributed by atoms with E-state index in [9.17, 15) is 4.79 Å². The van der Waals surface area contributed by atoms with Gasteiger partial charge in [0, 0.05) is 13.6 Å². The Labute approximate surface area is 115 Å². The van der Waals surface area contributed by atoms with Crippen molar-refractivity contribution in [3.05, 3.63) is 35.9 Å². The third-order valence-electron chi connectivity index (χ3n) is 3.77. The molecule has 19 heavy (non-hydrogen) atoms. The highest BCUT2D eigenvalue weighted by molar-refractivity contribution is 5.67. The Balaban J connectivity index is 1.72. The maximum atomic E-state index is 11.9. The lowest BCUT2D eigenvalue weighted by Crippen LogP contribution is -2.33. The van der Waals surface area contributed by atoms with Crippen LogP contribution in [0.5, 0.6) is 0 Å². The van der Waals surface area contributed by atoms with Gasteiger partial charge in [0.25, 0.3) is 0 Å². The summed E-state index contributed by atoms with van der Waals surface area (Å²) in [7, 11) is 1.84. The molecule has 1 aliphatic carbocycles. The molecule has 0 heterocycles. The van der Waals surface area contributed by atoms with Crippen LogP contribution in [0.1, 0.15) is 37.7 Å². The molecule has 0 unspecified atom stereocenters. The third-order valence-corrected chi connectivity index (χ3v) is 3.77. The van der Waals surface area contributed by atoms with E-state index in [1.54, 1.807) is 4.90 Å². The minimum atomic E-state index is -0.213. The molecule has 3 nitrogen and oxygen atoms in total. The van der Waals surface area contributed by atoms with Crippen LogP contribution in [-0.4, -0.2) is 24.6 Å². The van der Waals surface area contributed by atoms with Gasteiger partial charge in [-0.25, -0.2) is 4.79 Å². The number of carbonyl (C=O) groups excluding carboxylic acids is 1. The second kappa shape index (κ2) is 7.17. The van der Waals surface area contributed by atoms with E-state index >= 15 is 0 Å². The highest BCUT2D eigenvalue weighted by atomic mass is 16.6. The van der Waals surface area contributed by atoms with E-state index in [1.807, 2.05) is 37.4 Å². The van der Waals surface area contributed by atoms with E-state index in [1.165, 1.54) is 32.1 Å². The van der Waals surface area contributed by atoms with Gasteiger partial charge >= 0.3 is 6.09 Å². The number of ether oxygens (including phenoxy) is 1. The van der Waals surface area contributed by atoms with Gasteiger partial charge in [0.15, 0.2) is 0 Å². The number of amides is 1. The van der Waals surface area contributed by atoms with Gasteiger partial charge in [-0.2, -0.15) is 0 Å². The van der Waals surface area contributed by atoms with Gasteiger partial charge in [-0.15, -0.1) is 0 Å². The summed E-state index contributed by atoms with van der Waals surface area (Å²) in [6.07, 6.45) is 6.23. The van der Waals surface area contributed by atoms with Crippen molar-refractivity contribution in [2.45, 2.75) is 38.7 Å². The summed E-state index contributed by atoms with van der Waals surface area (Å²) in [5.74, 6) is 0.656. The number of carbonyl (C=O) groups is 1. The first-order valence-corrected chi connectivity index (χ1v) is 7.17. The van der Waals surface area contributed by atoms with E-state index in [4.69, 9.17) is 4.74 Å². The van der Waals surface area contributed by atoms with Crippen LogP contribution >= 0.6 is 0 Å². The zero-order valence-corrected chi connectivity index (χ0v) is 11.7. The predicted molar refractivity (Wildman–Crippen MR) is 75.8 cm³/mol. The topological polar surface area (TPSA) is 29.5 Å². The van der Waals surface area contributed by atoms with Crippen LogP contribution in [0.15, 0.2) is 30.3 Å². The van der Waals surface area contributed by atoms with E-state index in [-0.39, 0.29) is 6.09 Å². The molecule has 0 atom stereocenters. The van der Waals surface area contributed by atoms with Crippen LogP contribution in [0.2, 0.25) is 0 Å². The molecule has 1 saturated carbocycles. The number of rotatable bonds is 4. The molecule has 1 aromatic carbocycles. The van der Waals surface area contributed by atoms with Crippen molar-refractivity contribution < 1.29 is 9.53 Å². The molecule has 1 fully saturated rings. The summed E-state index contributed by atoms with van der Waals surface area (Å²) < 4.78 is 5.32. The minimum Gasteiger partial charge on any atom is -0.445 e. The number of benzene rings is 1. The van der Waals surface area contributed by atoms with Crippen LogP contribution < -0.4 is 0 Å². The van der Waals surface area contributed by atoms with Crippen molar-refractivity contribution in [3.63, 3.8) is 0 Å². The molecular formula is C16H23NO2. The van der Waals surface area contributed by atoms with Crippen molar-refractivity contribution >= 4 is 6.09 Å². The second-order valence-corrected chi connectivity index (χ2v) is 5.42. The first-order chi connectivity index (χ1) is 9.25. The standard InChI is InChI=1S/C16H23NO2/c1-17(12-14-8-4-2-5-9-14)16(18)19-13-15-10-6-3-7-11-15/h3,6-7,10-11,14H,2,4-5,8-9,12-13H2,1H3. The summed E-state index contributed by atoms with van der Waals surface area (Å²) in [5.41, 5.74) is 1.03. The van der Waals surface area contributed by atoms with E-state index in [0.717, 1.165) is 12.1 Å². The average Bonchev–Trinajstić information content (AvgIpc) is 2.47. The zero-order chi connectivity index (χ0) is 13.5. The Bertz CT molecular complexity index is 385. The molecule has 0 aliphatic heterocycles. The predicted octanol–water partition coefficient (Wildman–Crippen LogP) is 3.84. The van der Waals surface area contributed by atoms with Crippen molar-refractivity contribution in [3.8, 4) is 0 Å². The van der Waals surface area contributed by atoms with Gasteiger partial charge in [0.1, 0.15) is 6.61 Å². The molecular weight excluding hydrogens is 238 g/mol. The first-order valence-electron chi connectivity index (χ1n) is 7.17. The molecule has 0 bridgehead atoms. The number of hydrogen-bond acceptors (Lipinski definition) is 2. The highest BCUT2D eigenvalue weighted by Gasteiger charge is 2.18. The molecule has 0 radical (unpaired) electrons. The molecule has 0 spiro atoms. The first kappa shape index (κ1) is 13.9. The van der Waals surface area contributed by atoms with Gasteiger partial charge in [-0.05, 0) is 24.3 Å². The summed E-state index contributed by atoms with van der Waals surface area (Å²) in [6.45, 7) is 1.18. The Morgan fingerprint density at radius 1 is 1.21 bits per heavy atom. The SMILES string of the molecule is CN(CC1CCCCC1)C(=O)OCc1ccccc1. The normalized spacial score (nSPS) is 16.1. The smallest absolute Gasteiger partial charge is 0.409 e. The highest BCUT2D eigenvalue weighted by Crippen LogP contribution is 2.24. The lowest BCUT2D eigenvalue weighted by atomic mass is 9.89. The third kappa shape index (κ3) is 4.58. The fourth-order valence-electron chi connectivity index (χ4n) is 2.66. The molecule has 1 amide bonds. The lowest BCUT2D eigenvalue weighted by molar-refractivity contribution is 0.0966. The fourth-order valence-corrected chi connectivity index (χ4v) is 2.66. The quantitative estimate of drug-likeness (QED) is 0.824. The maximum absolute atomic E-state index is 11.9. The summed E-state index contributed by atoms with van der Waals surface area (Å²) in [5, 5.41) is 0. The van der Waals surface area contributed by atoms with E-state index in [0.29, 0.717) is 12.5 Å². The van der Waals surface area contributed by atoms with Crippen LogP contribution in [-0.2, 0) is 11.3 Å². The number of nitrogens with zero attached hydrogens (tertiary/aromatic N) is 1. The number of hydrogen-bond donors (Lipinski definition) is 0. The van der Waals surface area contributed by atoms with Gasteiger partial charge in [0.05, 0.1) is 0 Å². The molecule has 0 aromatic heterocycles. The van der Waals surface area contributed by atoms with Gasteiger partial charge in [-0.1, -0.05) is 49.6 Å². The molecule has 1 aromatic rings. The van der Waals surface area contributed by atoms with E-state index in [2.05, 4.69) is 0 Å². The Morgan fingerprint density at radius 3 is 2.58 bits per heavy atom. The van der Waals surface area contributed by atoms with Crippen LogP contribution in [0, 0.1) is 5.92 Å². The van der Waals surface area contributed by atoms with Crippen molar-refractivity contribution in [1.82, 2.24) is 4.90 Å². The van der Waals surface area contributed by atoms with Gasteiger partial charge in [-0.3, -0.25) is 0 Å². The molecule has 1 aliphatic rings. The average molecular weight is 261 g/mol. The summed E-state index contributed by atoms with van der Waals surface area (Å²) >= 11 is 0. The Kier molecular flexibility index (Phi) is 5.25. The monoisotopic (exact) mass is 261 g/mol. The van der Waals surface area contributed by atoms with Crippen molar-refractivity contribution in [2.24, 2.45) is 5.92 Å². The molecule has 0 N–H and O–H groups in total. The minimum absolute atomic E-state index is 0.213. The fraction of sp³-hybridized carbons (Fsp3) is 0.562. The Morgan fingerprint density at radius 2 is 1.89 bits per heavy atom. The molecule has 3 heteroatoms. The molecule has 0 saturated heterocycles. The van der Waals surface area contributed by atoms with Gasteiger partial charge < -0.3 is 9.64 Å². The van der Waals surface area contributed by atoms with Crippen LogP contribution in [0.3, 0.4) is 0 Å². The van der Waals surface area contributed by atoms with Crippen molar-refractivity contribution in [1.29, 1.82) is 0 Å². The van der Waals surface area contributed by atoms with Gasteiger partial charge in [0.2, 0.25) is 0 Å². The molecule has 104 valence electrons. The zero-order valence-electron chi connectivity index (χ0n) is 11.7. The molecule has 2 rings (SSSR count).